The molecular weight excluding hydrogens is 390 g/mol. The molecule has 1 heterocycles. The van der Waals surface area contributed by atoms with E-state index >= 15 is 0 Å². The minimum atomic E-state index is -0.329. The van der Waals surface area contributed by atoms with Crippen molar-refractivity contribution in [3.8, 4) is 23.0 Å². The van der Waals surface area contributed by atoms with Crippen LogP contribution in [-0.4, -0.2) is 9.67 Å². The number of hydrogen-bond acceptors (Lipinski definition) is 4. The highest BCUT2D eigenvalue weighted by Crippen LogP contribution is 2.36. The molecule has 2 aromatic carbocycles. The second-order valence-electron chi connectivity index (χ2n) is 7.58. The molecule has 3 rings (SSSR count). The highest BCUT2D eigenvalue weighted by atomic mass is 16.5. The molecule has 5 heteroatoms. The number of aromatic hydroxyl groups is 1. The monoisotopic (exact) mass is 421 g/mol. The zero-order valence-electron chi connectivity index (χ0n) is 18.3. The Labute approximate surface area is 183 Å². The molecule has 31 heavy (non-hydrogen) atoms. The van der Waals surface area contributed by atoms with Gasteiger partial charge in [-0.15, -0.1) is 0 Å². The Hall–Kier alpha value is -3.21. The summed E-state index contributed by atoms with van der Waals surface area (Å²) >= 11 is 0. The van der Waals surface area contributed by atoms with Crippen LogP contribution in [0.4, 0.5) is 0 Å². The fourth-order valence-corrected chi connectivity index (χ4v) is 3.59. The summed E-state index contributed by atoms with van der Waals surface area (Å²) in [4.78, 5) is 13.3. The van der Waals surface area contributed by atoms with Gasteiger partial charge in [0.1, 0.15) is 11.5 Å². The average Bonchev–Trinajstić information content (AvgIpc) is 2.80. The maximum atomic E-state index is 13.3. The van der Waals surface area contributed by atoms with Crippen molar-refractivity contribution < 1.29 is 14.6 Å². The summed E-state index contributed by atoms with van der Waals surface area (Å²) in [6.45, 7) is 4.63. The Balaban J connectivity index is 1.99. The van der Waals surface area contributed by atoms with E-state index in [-0.39, 0.29) is 17.1 Å². The minimum Gasteiger partial charge on any atom is -0.504 e. The number of unbranched alkanes of at least 4 members (excludes halogenated alkanes) is 5. The van der Waals surface area contributed by atoms with Crippen LogP contribution < -0.4 is 15.0 Å². The van der Waals surface area contributed by atoms with Crippen molar-refractivity contribution in [2.45, 2.75) is 58.9 Å². The highest BCUT2D eigenvalue weighted by molar-refractivity contribution is 5.89. The van der Waals surface area contributed by atoms with Gasteiger partial charge in [-0.3, -0.25) is 4.79 Å². The number of nitrogens with zero attached hydrogens (tertiary/aromatic N) is 1. The second kappa shape index (κ2) is 11.3. The zero-order valence-corrected chi connectivity index (χ0v) is 18.3. The van der Waals surface area contributed by atoms with Crippen LogP contribution in [0.1, 0.15) is 52.4 Å². The Morgan fingerprint density at radius 1 is 0.968 bits per heavy atom. The predicted octanol–water partition coefficient (Wildman–Crippen LogP) is 6.77. The van der Waals surface area contributed by atoms with Crippen LogP contribution in [-0.2, 0) is 6.54 Å². The lowest BCUT2D eigenvalue weighted by Crippen LogP contribution is -2.22. The molecule has 0 spiro atoms. The van der Waals surface area contributed by atoms with E-state index in [1.807, 2.05) is 31.2 Å². The number of aryl methyl sites for hydroxylation is 1. The van der Waals surface area contributed by atoms with Gasteiger partial charge in [0, 0.05) is 11.9 Å². The number of benzene rings is 2. The molecule has 0 saturated carbocycles. The van der Waals surface area contributed by atoms with Crippen molar-refractivity contribution in [1.82, 2.24) is 4.57 Å². The van der Waals surface area contributed by atoms with Crippen LogP contribution in [0.2, 0.25) is 0 Å². The summed E-state index contributed by atoms with van der Waals surface area (Å²) in [5, 5.41) is 11.4. The topological polar surface area (TPSA) is 60.7 Å². The molecule has 1 aromatic heterocycles. The molecule has 0 radical (unpaired) electrons. The van der Waals surface area contributed by atoms with Gasteiger partial charge >= 0.3 is 0 Å². The zero-order chi connectivity index (χ0) is 22.1. The van der Waals surface area contributed by atoms with Crippen LogP contribution in [0, 0.1) is 0 Å². The third kappa shape index (κ3) is 5.69. The first-order valence-electron chi connectivity index (χ1n) is 11.1. The fourth-order valence-electron chi connectivity index (χ4n) is 3.59. The standard InChI is InChI=1S/C26H31NO4/c1-3-5-6-7-8-12-17-27-23-16-15-21(30-18-4-2)19-22(23)24(28)25(26(27)29)31-20-13-10-9-11-14-20/h4,9-11,13-16,18-19,28H,3,5-8,12,17H2,1-2H3/b18-4-. The quantitative estimate of drug-likeness (QED) is 0.274. The van der Waals surface area contributed by atoms with Crippen LogP contribution in [0.5, 0.6) is 23.0 Å². The highest BCUT2D eigenvalue weighted by Gasteiger charge is 2.19. The first-order valence-corrected chi connectivity index (χ1v) is 11.1. The molecule has 0 atom stereocenters. The minimum absolute atomic E-state index is 0.0622. The van der Waals surface area contributed by atoms with Crippen LogP contribution in [0.3, 0.4) is 0 Å². The van der Waals surface area contributed by atoms with E-state index in [1.54, 1.807) is 41.2 Å². The number of para-hydroxylation sites is 1. The molecule has 0 aliphatic carbocycles. The largest absolute Gasteiger partial charge is 0.504 e. The Morgan fingerprint density at radius 2 is 1.71 bits per heavy atom. The maximum absolute atomic E-state index is 13.3. The van der Waals surface area contributed by atoms with Crippen LogP contribution in [0.15, 0.2) is 65.7 Å². The maximum Gasteiger partial charge on any atom is 0.297 e. The summed E-state index contributed by atoms with van der Waals surface area (Å²) in [7, 11) is 0. The van der Waals surface area contributed by atoms with Gasteiger partial charge < -0.3 is 19.1 Å². The van der Waals surface area contributed by atoms with Gasteiger partial charge in [-0.2, -0.15) is 0 Å². The summed E-state index contributed by atoms with van der Waals surface area (Å²) in [6.07, 6.45) is 10.1. The lowest BCUT2D eigenvalue weighted by atomic mass is 10.1. The van der Waals surface area contributed by atoms with E-state index in [4.69, 9.17) is 9.47 Å². The molecule has 5 nitrogen and oxygen atoms in total. The third-order valence-corrected chi connectivity index (χ3v) is 5.21. The number of hydrogen-bond donors (Lipinski definition) is 1. The number of pyridine rings is 1. The summed E-state index contributed by atoms with van der Waals surface area (Å²) in [5.74, 6) is 0.847. The number of rotatable bonds is 11. The van der Waals surface area contributed by atoms with Crippen LogP contribution in [0.25, 0.3) is 10.9 Å². The number of allylic oxidation sites excluding steroid dienone is 1. The van der Waals surface area contributed by atoms with Crippen molar-refractivity contribution in [3.63, 3.8) is 0 Å². The van der Waals surface area contributed by atoms with Crippen molar-refractivity contribution in [3.05, 3.63) is 71.2 Å². The van der Waals surface area contributed by atoms with Gasteiger partial charge in [-0.1, -0.05) is 63.3 Å². The van der Waals surface area contributed by atoms with E-state index in [0.717, 1.165) is 19.3 Å². The van der Waals surface area contributed by atoms with Gasteiger partial charge in [0.25, 0.3) is 5.56 Å². The summed E-state index contributed by atoms with van der Waals surface area (Å²) < 4.78 is 13.1. The van der Waals surface area contributed by atoms with E-state index in [1.165, 1.54) is 19.3 Å². The van der Waals surface area contributed by atoms with Gasteiger partial charge in [0.15, 0.2) is 5.75 Å². The third-order valence-electron chi connectivity index (χ3n) is 5.21. The molecule has 0 unspecified atom stereocenters. The van der Waals surface area contributed by atoms with E-state index in [9.17, 15) is 9.90 Å². The van der Waals surface area contributed by atoms with Gasteiger partial charge in [0.05, 0.1) is 11.8 Å². The molecule has 0 aliphatic rings. The first-order chi connectivity index (χ1) is 15.2. The van der Waals surface area contributed by atoms with Crippen molar-refractivity contribution in [1.29, 1.82) is 0 Å². The van der Waals surface area contributed by atoms with Crippen molar-refractivity contribution in [2.24, 2.45) is 0 Å². The molecule has 0 fully saturated rings. The molecule has 164 valence electrons. The Kier molecular flexibility index (Phi) is 8.16. The van der Waals surface area contributed by atoms with Crippen molar-refractivity contribution in [2.75, 3.05) is 0 Å². The van der Waals surface area contributed by atoms with Gasteiger partial charge in [0.2, 0.25) is 5.75 Å². The van der Waals surface area contributed by atoms with Crippen LogP contribution >= 0.6 is 0 Å². The molecule has 0 saturated heterocycles. The molecule has 0 aliphatic heterocycles. The molecular formula is C26H31NO4. The van der Waals surface area contributed by atoms with Gasteiger partial charge in [-0.05, 0) is 43.7 Å². The predicted molar refractivity (Wildman–Crippen MR) is 125 cm³/mol. The fraction of sp³-hybridized carbons (Fsp3) is 0.346. The second-order valence-corrected chi connectivity index (χ2v) is 7.58. The molecule has 3 aromatic rings. The van der Waals surface area contributed by atoms with Crippen molar-refractivity contribution >= 4 is 10.9 Å². The lowest BCUT2D eigenvalue weighted by molar-refractivity contribution is 0.404. The SMILES string of the molecule is C/C=C\Oc1ccc2c(c1)c(O)c(Oc1ccccc1)c(=O)n2CCCCCCCC. The molecule has 0 amide bonds. The van der Waals surface area contributed by atoms with E-state index < -0.39 is 0 Å². The lowest BCUT2D eigenvalue weighted by Gasteiger charge is -2.16. The molecule has 0 bridgehead atoms. The first kappa shape index (κ1) is 22.5. The van der Waals surface area contributed by atoms with E-state index in [2.05, 4.69) is 6.92 Å². The number of aromatic nitrogens is 1. The normalized spacial score (nSPS) is 11.3. The molecule has 1 N–H and O–H groups in total. The van der Waals surface area contributed by atoms with E-state index in [0.29, 0.717) is 28.9 Å². The Bertz CT molecular complexity index is 1070. The Morgan fingerprint density at radius 3 is 2.45 bits per heavy atom. The summed E-state index contributed by atoms with van der Waals surface area (Å²) in [5.41, 5.74) is 0.342. The average molecular weight is 422 g/mol. The summed E-state index contributed by atoms with van der Waals surface area (Å²) in [6, 6.07) is 14.4. The number of ether oxygens (including phenoxy) is 2. The smallest absolute Gasteiger partial charge is 0.297 e. The number of fused-ring (bicyclic) bond motifs is 1. The van der Waals surface area contributed by atoms with Gasteiger partial charge in [-0.25, -0.2) is 0 Å².